The number of carboxylic acids is 1. The van der Waals surface area contributed by atoms with Crippen LogP contribution in [-0.4, -0.2) is 41.4 Å². The highest BCUT2D eigenvalue weighted by atomic mass is 32.2. The Morgan fingerprint density at radius 3 is 2.85 bits per heavy atom. The summed E-state index contributed by atoms with van der Waals surface area (Å²) in [5, 5.41) is 11.9. The molecule has 5 nitrogen and oxygen atoms in total. The Morgan fingerprint density at radius 1 is 1.40 bits per heavy atom. The molecular formula is C14H18N2O3S. The van der Waals surface area contributed by atoms with Crippen LogP contribution in [0.25, 0.3) is 0 Å². The van der Waals surface area contributed by atoms with E-state index in [4.69, 9.17) is 5.11 Å². The smallest absolute Gasteiger partial charge is 0.321 e. The van der Waals surface area contributed by atoms with Crippen molar-refractivity contribution in [3.8, 4) is 0 Å². The van der Waals surface area contributed by atoms with E-state index in [1.165, 1.54) is 0 Å². The molecule has 0 aromatic heterocycles. The molecule has 20 heavy (non-hydrogen) atoms. The van der Waals surface area contributed by atoms with Gasteiger partial charge in [-0.1, -0.05) is 12.1 Å². The second-order valence-electron chi connectivity index (χ2n) is 4.75. The van der Waals surface area contributed by atoms with E-state index in [9.17, 15) is 9.59 Å². The number of carboxylic acid groups (broad SMARTS) is 1. The van der Waals surface area contributed by atoms with E-state index in [1.807, 2.05) is 30.5 Å². The summed E-state index contributed by atoms with van der Waals surface area (Å²) in [7, 11) is 0. The molecule has 1 saturated heterocycles. The number of piperidine rings is 1. The van der Waals surface area contributed by atoms with Crippen molar-refractivity contribution in [2.24, 2.45) is 5.92 Å². The number of thioether (sulfide) groups is 1. The Labute approximate surface area is 122 Å². The van der Waals surface area contributed by atoms with Crippen LogP contribution in [0.2, 0.25) is 0 Å². The standard InChI is InChI=1S/C14H18N2O3S/c1-20-12-7-3-2-6-11(12)15-14(19)16-8-4-5-10(9-16)13(17)18/h2-3,6-7,10H,4-5,8-9H2,1H3,(H,15,19)(H,17,18)/t10-/m0/s1. The molecule has 2 rings (SSSR count). The van der Waals surface area contributed by atoms with Crippen LogP contribution in [0.5, 0.6) is 0 Å². The molecule has 0 aliphatic carbocycles. The molecule has 0 saturated carbocycles. The fourth-order valence-electron chi connectivity index (χ4n) is 2.31. The molecule has 1 aromatic rings. The molecule has 1 aliphatic heterocycles. The van der Waals surface area contributed by atoms with E-state index >= 15 is 0 Å². The number of aliphatic carboxylic acids is 1. The van der Waals surface area contributed by atoms with Crippen LogP contribution in [0, 0.1) is 5.92 Å². The Kier molecular flexibility index (Phi) is 4.89. The molecule has 108 valence electrons. The Bertz CT molecular complexity index is 507. The van der Waals surface area contributed by atoms with Gasteiger partial charge in [0.15, 0.2) is 0 Å². The van der Waals surface area contributed by atoms with E-state index in [1.54, 1.807) is 16.7 Å². The largest absolute Gasteiger partial charge is 0.481 e. The summed E-state index contributed by atoms with van der Waals surface area (Å²) in [6.07, 6.45) is 3.32. The first-order valence-electron chi connectivity index (χ1n) is 6.53. The van der Waals surface area contributed by atoms with Gasteiger partial charge in [0, 0.05) is 18.0 Å². The molecule has 1 aliphatic rings. The second-order valence-corrected chi connectivity index (χ2v) is 5.60. The zero-order valence-corrected chi connectivity index (χ0v) is 12.2. The number of benzene rings is 1. The maximum atomic E-state index is 12.2. The minimum atomic E-state index is -0.827. The van der Waals surface area contributed by atoms with Crippen molar-refractivity contribution in [3.05, 3.63) is 24.3 Å². The SMILES string of the molecule is CSc1ccccc1NC(=O)N1CCC[C@H](C(=O)O)C1. The fourth-order valence-corrected chi connectivity index (χ4v) is 2.86. The van der Waals surface area contributed by atoms with Gasteiger partial charge >= 0.3 is 12.0 Å². The number of urea groups is 1. The first kappa shape index (κ1) is 14.7. The van der Waals surface area contributed by atoms with Crippen LogP contribution in [-0.2, 0) is 4.79 Å². The lowest BCUT2D eigenvalue weighted by atomic mass is 9.99. The third kappa shape index (κ3) is 3.45. The van der Waals surface area contributed by atoms with Crippen molar-refractivity contribution in [3.63, 3.8) is 0 Å². The zero-order chi connectivity index (χ0) is 14.5. The van der Waals surface area contributed by atoms with Gasteiger partial charge in [-0.15, -0.1) is 11.8 Å². The highest BCUT2D eigenvalue weighted by molar-refractivity contribution is 7.98. The summed E-state index contributed by atoms with van der Waals surface area (Å²) in [4.78, 5) is 25.8. The molecule has 0 bridgehead atoms. The summed E-state index contributed by atoms with van der Waals surface area (Å²) < 4.78 is 0. The van der Waals surface area contributed by atoms with Crippen molar-refractivity contribution in [2.75, 3.05) is 24.7 Å². The number of nitrogens with zero attached hydrogens (tertiary/aromatic N) is 1. The molecular weight excluding hydrogens is 276 g/mol. The van der Waals surface area contributed by atoms with E-state index in [0.29, 0.717) is 13.0 Å². The minimum Gasteiger partial charge on any atom is -0.481 e. The quantitative estimate of drug-likeness (QED) is 0.841. The number of nitrogens with one attached hydrogen (secondary N) is 1. The molecule has 1 fully saturated rings. The van der Waals surface area contributed by atoms with E-state index in [2.05, 4.69) is 5.32 Å². The Morgan fingerprint density at radius 2 is 2.15 bits per heavy atom. The zero-order valence-electron chi connectivity index (χ0n) is 11.3. The van der Waals surface area contributed by atoms with Crippen molar-refractivity contribution in [1.82, 2.24) is 4.90 Å². The minimum absolute atomic E-state index is 0.225. The first-order valence-corrected chi connectivity index (χ1v) is 7.76. The van der Waals surface area contributed by atoms with Gasteiger partial charge in [-0.2, -0.15) is 0 Å². The van der Waals surface area contributed by atoms with Gasteiger partial charge in [0.1, 0.15) is 0 Å². The molecule has 1 aromatic carbocycles. The number of carbonyl (C=O) groups is 2. The molecule has 1 heterocycles. The van der Waals surface area contributed by atoms with E-state index < -0.39 is 11.9 Å². The second kappa shape index (κ2) is 6.65. The summed E-state index contributed by atoms with van der Waals surface area (Å²) in [6, 6.07) is 7.35. The van der Waals surface area contributed by atoms with Crippen LogP contribution in [0.15, 0.2) is 29.2 Å². The third-order valence-corrected chi connectivity index (χ3v) is 4.20. The van der Waals surface area contributed by atoms with Crippen molar-refractivity contribution < 1.29 is 14.7 Å². The van der Waals surface area contributed by atoms with Crippen molar-refractivity contribution in [2.45, 2.75) is 17.7 Å². The topological polar surface area (TPSA) is 69.6 Å². The van der Waals surface area contributed by atoms with Gasteiger partial charge in [0.25, 0.3) is 0 Å². The van der Waals surface area contributed by atoms with Gasteiger partial charge in [0.05, 0.1) is 11.6 Å². The monoisotopic (exact) mass is 294 g/mol. The molecule has 2 N–H and O–H groups in total. The highest BCUT2D eigenvalue weighted by Crippen LogP contribution is 2.25. The maximum Gasteiger partial charge on any atom is 0.321 e. The maximum absolute atomic E-state index is 12.2. The third-order valence-electron chi connectivity index (χ3n) is 3.41. The lowest BCUT2D eigenvalue weighted by molar-refractivity contribution is -0.143. The van der Waals surface area contributed by atoms with Gasteiger partial charge < -0.3 is 15.3 Å². The predicted octanol–water partition coefficient (Wildman–Crippen LogP) is 2.74. The van der Waals surface area contributed by atoms with Gasteiger partial charge in [-0.3, -0.25) is 4.79 Å². The average molecular weight is 294 g/mol. The summed E-state index contributed by atoms with van der Waals surface area (Å²) >= 11 is 1.56. The van der Waals surface area contributed by atoms with Gasteiger partial charge in [-0.25, -0.2) is 4.79 Å². The number of hydrogen-bond donors (Lipinski definition) is 2. The lowest BCUT2D eigenvalue weighted by Gasteiger charge is -2.30. The lowest BCUT2D eigenvalue weighted by Crippen LogP contribution is -2.44. The Hall–Kier alpha value is -1.69. The predicted molar refractivity (Wildman–Crippen MR) is 79.2 cm³/mol. The number of amides is 2. The van der Waals surface area contributed by atoms with Crippen LogP contribution < -0.4 is 5.32 Å². The highest BCUT2D eigenvalue weighted by Gasteiger charge is 2.28. The number of hydrogen-bond acceptors (Lipinski definition) is 3. The number of carbonyl (C=O) groups excluding carboxylic acids is 1. The number of para-hydroxylation sites is 1. The summed E-state index contributed by atoms with van der Waals surface area (Å²) in [6.45, 7) is 0.889. The summed E-state index contributed by atoms with van der Waals surface area (Å²) in [5.41, 5.74) is 0.766. The molecule has 6 heteroatoms. The molecule has 2 amide bonds. The van der Waals surface area contributed by atoms with Gasteiger partial charge in [0.2, 0.25) is 0 Å². The normalized spacial score (nSPS) is 18.6. The fraction of sp³-hybridized carbons (Fsp3) is 0.429. The van der Waals surface area contributed by atoms with Crippen molar-refractivity contribution in [1.29, 1.82) is 0 Å². The first-order chi connectivity index (χ1) is 9.61. The molecule has 0 unspecified atom stereocenters. The van der Waals surface area contributed by atoms with Crippen LogP contribution >= 0.6 is 11.8 Å². The average Bonchev–Trinajstić information content (AvgIpc) is 2.48. The van der Waals surface area contributed by atoms with Crippen LogP contribution in [0.3, 0.4) is 0 Å². The van der Waals surface area contributed by atoms with Gasteiger partial charge in [-0.05, 0) is 31.2 Å². The Balaban J connectivity index is 2.02. The van der Waals surface area contributed by atoms with Crippen LogP contribution in [0.4, 0.5) is 10.5 Å². The van der Waals surface area contributed by atoms with E-state index in [0.717, 1.165) is 17.0 Å². The van der Waals surface area contributed by atoms with E-state index in [-0.39, 0.29) is 12.6 Å². The number of rotatable bonds is 3. The molecule has 0 radical (unpaired) electrons. The molecule has 0 spiro atoms. The number of anilines is 1. The van der Waals surface area contributed by atoms with Crippen LogP contribution in [0.1, 0.15) is 12.8 Å². The van der Waals surface area contributed by atoms with Crippen molar-refractivity contribution >= 4 is 29.4 Å². The number of likely N-dealkylation sites (tertiary alicyclic amines) is 1. The summed E-state index contributed by atoms with van der Waals surface area (Å²) in [5.74, 6) is -1.28. The molecule has 1 atom stereocenters.